The molecule has 0 unspecified atom stereocenters. The molecule has 3 heterocycles. The lowest BCUT2D eigenvalue weighted by atomic mass is 9.86. The quantitative estimate of drug-likeness (QED) is 0.506. The lowest BCUT2D eigenvalue weighted by Gasteiger charge is -2.34. The van der Waals surface area contributed by atoms with Crippen LogP contribution in [0.5, 0.6) is 5.75 Å². The highest BCUT2D eigenvalue weighted by molar-refractivity contribution is 6.07. The third-order valence-corrected chi connectivity index (χ3v) is 7.14. The number of nitrogens with one attached hydrogen (secondary N) is 1. The summed E-state index contributed by atoms with van der Waals surface area (Å²) in [6.45, 7) is 11.0. The highest BCUT2D eigenvalue weighted by Gasteiger charge is 2.39. The normalized spacial score (nSPS) is 18.1. The van der Waals surface area contributed by atoms with Crippen molar-refractivity contribution in [1.29, 1.82) is 0 Å². The van der Waals surface area contributed by atoms with E-state index in [1.54, 1.807) is 0 Å². The van der Waals surface area contributed by atoms with E-state index in [4.69, 9.17) is 9.72 Å². The highest BCUT2D eigenvalue weighted by Crippen LogP contribution is 2.42. The molecule has 0 atom stereocenters. The number of piperazine rings is 1. The molecule has 2 aliphatic heterocycles. The Morgan fingerprint density at radius 1 is 0.941 bits per heavy atom. The molecule has 5 rings (SSSR count). The fourth-order valence-corrected chi connectivity index (χ4v) is 4.91. The molecule has 3 aromatic rings. The van der Waals surface area contributed by atoms with Crippen LogP contribution in [0.4, 0.5) is 5.69 Å². The Hall–Kier alpha value is -2.96. The van der Waals surface area contributed by atoms with E-state index in [9.17, 15) is 4.79 Å². The number of benzene rings is 2. The fourth-order valence-electron chi connectivity index (χ4n) is 4.91. The Morgan fingerprint density at radius 3 is 2.59 bits per heavy atom. The summed E-state index contributed by atoms with van der Waals surface area (Å²) < 4.78 is 6.05. The first-order valence-corrected chi connectivity index (χ1v) is 12.4. The molecule has 0 saturated carbocycles. The van der Waals surface area contributed by atoms with Gasteiger partial charge >= 0.3 is 0 Å². The molecule has 1 amide bonds. The van der Waals surface area contributed by atoms with Gasteiger partial charge in [-0.25, -0.2) is 0 Å². The number of carbonyl (C=O) groups excluding carboxylic acids is 1. The molecule has 0 radical (unpaired) electrons. The standard InChI is InChI=1S/C28H34N4O2/c1-28(2)23-9-7-11-25(26(23)30-27(28)33)34-19-6-5-14-31-15-17-32(18-16-31)20-22-13-12-21-8-3-4-10-24(21)29-22/h3-4,7-13H,5-6,14-20H2,1-2H3,(H,30,33). The van der Waals surface area contributed by atoms with Crippen molar-refractivity contribution in [2.45, 2.75) is 38.6 Å². The van der Waals surface area contributed by atoms with Crippen molar-refractivity contribution in [2.24, 2.45) is 0 Å². The van der Waals surface area contributed by atoms with Crippen molar-refractivity contribution >= 4 is 22.5 Å². The number of amides is 1. The monoisotopic (exact) mass is 458 g/mol. The van der Waals surface area contributed by atoms with Crippen molar-refractivity contribution in [1.82, 2.24) is 14.8 Å². The Balaban J connectivity index is 1.02. The molecule has 0 bridgehead atoms. The van der Waals surface area contributed by atoms with Gasteiger partial charge in [0.2, 0.25) is 5.91 Å². The van der Waals surface area contributed by atoms with E-state index >= 15 is 0 Å². The number of hydrogen-bond donors (Lipinski definition) is 1. The van der Waals surface area contributed by atoms with E-state index in [0.717, 1.165) is 80.3 Å². The van der Waals surface area contributed by atoms with Crippen LogP contribution in [0.25, 0.3) is 10.9 Å². The first kappa shape index (κ1) is 22.8. The summed E-state index contributed by atoms with van der Waals surface area (Å²) in [5.41, 5.74) is 3.59. The van der Waals surface area contributed by atoms with Crippen LogP contribution in [0.2, 0.25) is 0 Å². The molecular weight excluding hydrogens is 424 g/mol. The van der Waals surface area contributed by atoms with Crippen LogP contribution in [0, 0.1) is 0 Å². The van der Waals surface area contributed by atoms with Crippen LogP contribution >= 0.6 is 0 Å². The number of anilines is 1. The molecule has 1 N–H and O–H groups in total. The van der Waals surface area contributed by atoms with Crippen molar-refractivity contribution in [2.75, 3.05) is 44.6 Å². The van der Waals surface area contributed by atoms with Crippen molar-refractivity contribution in [3.05, 3.63) is 65.9 Å². The van der Waals surface area contributed by atoms with Crippen LogP contribution in [0.15, 0.2) is 54.6 Å². The number of hydrogen-bond acceptors (Lipinski definition) is 5. The molecule has 1 saturated heterocycles. The molecule has 178 valence electrons. The smallest absolute Gasteiger partial charge is 0.234 e. The maximum Gasteiger partial charge on any atom is 0.234 e. The van der Waals surface area contributed by atoms with Gasteiger partial charge in [-0.1, -0.05) is 36.4 Å². The fraction of sp³-hybridized carbons (Fsp3) is 0.429. The van der Waals surface area contributed by atoms with Crippen molar-refractivity contribution in [3.8, 4) is 5.75 Å². The third-order valence-electron chi connectivity index (χ3n) is 7.14. The number of fused-ring (bicyclic) bond motifs is 2. The molecule has 1 aromatic heterocycles. The number of aromatic nitrogens is 1. The summed E-state index contributed by atoms with van der Waals surface area (Å²) in [4.78, 5) is 22.1. The molecular formula is C28H34N4O2. The van der Waals surface area contributed by atoms with Gasteiger partial charge in [0.15, 0.2) is 0 Å². The Morgan fingerprint density at radius 2 is 1.74 bits per heavy atom. The summed E-state index contributed by atoms with van der Waals surface area (Å²) in [6, 6.07) is 18.6. The van der Waals surface area contributed by atoms with Gasteiger partial charge in [0.25, 0.3) is 0 Å². The molecule has 2 aromatic carbocycles. The largest absolute Gasteiger partial charge is 0.491 e. The average molecular weight is 459 g/mol. The minimum atomic E-state index is -0.499. The van der Waals surface area contributed by atoms with Gasteiger partial charge in [-0.2, -0.15) is 0 Å². The summed E-state index contributed by atoms with van der Waals surface area (Å²) in [5.74, 6) is 0.821. The number of para-hydroxylation sites is 2. The van der Waals surface area contributed by atoms with Crippen LogP contribution < -0.4 is 10.1 Å². The SMILES string of the molecule is CC1(C)C(=O)Nc2c(OCCCCN3CCN(Cc4ccc5ccccc5n4)CC3)cccc21. The number of ether oxygens (including phenoxy) is 1. The first-order valence-electron chi connectivity index (χ1n) is 12.4. The molecule has 34 heavy (non-hydrogen) atoms. The Kier molecular flexibility index (Phi) is 6.53. The summed E-state index contributed by atoms with van der Waals surface area (Å²) in [7, 11) is 0. The molecule has 0 aliphatic carbocycles. The number of pyridine rings is 1. The second kappa shape index (κ2) is 9.72. The van der Waals surface area contributed by atoms with Gasteiger partial charge in [-0.3, -0.25) is 14.7 Å². The predicted octanol–water partition coefficient (Wildman–Crippen LogP) is 4.44. The number of unbranched alkanes of at least 4 members (excludes halogenated alkanes) is 1. The van der Waals surface area contributed by atoms with Gasteiger partial charge in [0.05, 0.1) is 28.9 Å². The Labute approximate surface area is 201 Å². The van der Waals surface area contributed by atoms with E-state index in [1.807, 2.05) is 38.1 Å². The number of rotatable bonds is 8. The summed E-state index contributed by atoms with van der Waals surface area (Å²) >= 11 is 0. The van der Waals surface area contributed by atoms with Crippen molar-refractivity contribution < 1.29 is 9.53 Å². The van der Waals surface area contributed by atoms with E-state index in [2.05, 4.69) is 45.4 Å². The zero-order chi connectivity index (χ0) is 23.5. The first-order chi connectivity index (χ1) is 16.5. The van der Waals surface area contributed by atoms with Crippen LogP contribution in [-0.4, -0.2) is 60.0 Å². The molecule has 0 spiro atoms. The highest BCUT2D eigenvalue weighted by atomic mass is 16.5. The van der Waals surface area contributed by atoms with Gasteiger partial charge in [0, 0.05) is 38.1 Å². The number of carbonyl (C=O) groups is 1. The topological polar surface area (TPSA) is 57.7 Å². The van der Waals surface area contributed by atoms with Crippen LogP contribution in [0.3, 0.4) is 0 Å². The van der Waals surface area contributed by atoms with E-state index < -0.39 is 5.41 Å². The van der Waals surface area contributed by atoms with Gasteiger partial charge in [-0.15, -0.1) is 0 Å². The van der Waals surface area contributed by atoms with E-state index in [-0.39, 0.29) is 5.91 Å². The molecule has 6 heteroatoms. The zero-order valence-electron chi connectivity index (χ0n) is 20.2. The average Bonchev–Trinajstić information content (AvgIpc) is 3.09. The molecule has 2 aliphatic rings. The lowest BCUT2D eigenvalue weighted by Crippen LogP contribution is -2.46. The van der Waals surface area contributed by atoms with Crippen molar-refractivity contribution in [3.63, 3.8) is 0 Å². The van der Waals surface area contributed by atoms with Crippen LogP contribution in [0.1, 0.15) is 37.9 Å². The number of nitrogens with zero attached hydrogens (tertiary/aromatic N) is 3. The second-order valence-corrected chi connectivity index (χ2v) is 9.93. The van der Waals surface area contributed by atoms with E-state index in [1.165, 1.54) is 5.39 Å². The van der Waals surface area contributed by atoms with Crippen LogP contribution in [-0.2, 0) is 16.8 Å². The van der Waals surface area contributed by atoms with E-state index in [0.29, 0.717) is 6.61 Å². The minimum Gasteiger partial charge on any atom is -0.491 e. The molecule has 6 nitrogen and oxygen atoms in total. The summed E-state index contributed by atoms with van der Waals surface area (Å²) in [5, 5.41) is 4.20. The third kappa shape index (κ3) is 4.79. The van der Waals surface area contributed by atoms with Gasteiger partial charge in [0.1, 0.15) is 5.75 Å². The summed E-state index contributed by atoms with van der Waals surface area (Å²) in [6.07, 6.45) is 2.11. The predicted molar refractivity (Wildman–Crippen MR) is 136 cm³/mol. The zero-order valence-corrected chi connectivity index (χ0v) is 20.2. The lowest BCUT2D eigenvalue weighted by molar-refractivity contribution is -0.119. The van der Waals surface area contributed by atoms with Gasteiger partial charge in [-0.05, 0) is 57.0 Å². The molecule has 1 fully saturated rings. The second-order valence-electron chi connectivity index (χ2n) is 9.93. The maximum absolute atomic E-state index is 12.3. The minimum absolute atomic E-state index is 0.0362. The Bertz CT molecular complexity index is 1170. The maximum atomic E-state index is 12.3. The van der Waals surface area contributed by atoms with Gasteiger partial charge < -0.3 is 15.0 Å².